The Labute approximate surface area is 185 Å². The van der Waals surface area contributed by atoms with E-state index in [2.05, 4.69) is 13.8 Å². The van der Waals surface area contributed by atoms with E-state index in [0.29, 0.717) is 36.0 Å². The van der Waals surface area contributed by atoms with Crippen LogP contribution < -0.4 is 0 Å². The largest absolute Gasteiger partial charge is 0.481 e. The minimum absolute atomic E-state index is 0.0418. The van der Waals surface area contributed by atoms with Gasteiger partial charge in [0.05, 0.1) is 0 Å². The average Bonchev–Trinajstić information content (AvgIpc) is 3.03. The summed E-state index contributed by atoms with van der Waals surface area (Å²) in [5.74, 6) is -3.37. The lowest BCUT2D eigenvalue weighted by Crippen LogP contribution is -2.63. The zero-order valence-electron chi connectivity index (χ0n) is 19.2. The zero-order valence-corrected chi connectivity index (χ0v) is 19.2. The number of carbonyl (C=O) groups is 2. The summed E-state index contributed by atoms with van der Waals surface area (Å²) in [7, 11) is 0. The number of carboxylic acids is 2. The van der Waals surface area contributed by atoms with Gasteiger partial charge in [-0.2, -0.15) is 0 Å². The lowest BCUT2D eigenvalue weighted by atomic mass is 9.43. The molecule has 4 fully saturated rings. The molecule has 0 aromatic rings. The fraction of sp³-hybridized carbons (Fsp3) is 0.920. The first kappa shape index (κ1) is 23.0. The number of rotatable bonds is 5. The Hall–Kier alpha value is -1.14. The predicted octanol–water partition coefficient (Wildman–Crippen LogP) is 4.14. The first-order valence-electron chi connectivity index (χ1n) is 12.3. The molecule has 31 heavy (non-hydrogen) atoms. The van der Waals surface area contributed by atoms with Crippen molar-refractivity contribution in [1.29, 1.82) is 0 Å². The molecule has 0 aromatic carbocycles. The number of fused-ring (bicyclic) bond motifs is 5. The molecule has 0 bridgehead atoms. The maximum Gasteiger partial charge on any atom is 0.317 e. The molecule has 0 amide bonds. The van der Waals surface area contributed by atoms with Crippen LogP contribution in [0.3, 0.4) is 0 Å². The van der Waals surface area contributed by atoms with Gasteiger partial charge in [0.15, 0.2) is 11.7 Å². The second-order valence-electron chi connectivity index (χ2n) is 11.8. The van der Waals surface area contributed by atoms with Gasteiger partial charge in [0.1, 0.15) is 0 Å². The third kappa shape index (κ3) is 3.35. The van der Waals surface area contributed by atoms with Gasteiger partial charge in [-0.25, -0.2) is 0 Å². The second kappa shape index (κ2) is 7.72. The van der Waals surface area contributed by atoms with Crippen LogP contribution in [0.5, 0.6) is 0 Å². The van der Waals surface area contributed by atoms with Gasteiger partial charge in [-0.05, 0) is 98.7 Å². The molecule has 0 saturated heterocycles. The van der Waals surface area contributed by atoms with Crippen molar-refractivity contribution in [2.24, 2.45) is 52.3 Å². The first-order chi connectivity index (χ1) is 14.4. The predicted molar refractivity (Wildman–Crippen MR) is 115 cm³/mol. The summed E-state index contributed by atoms with van der Waals surface area (Å²) in [6.45, 7) is 6.52. The molecule has 1 unspecified atom stereocenters. The van der Waals surface area contributed by atoms with Crippen LogP contribution in [-0.2, 0) is 9.59 Å². The number of aliphatic hydroxyl groups is 2. The van der Waals surface area contributed by atoms with Gasteiger partial charge in [-0.15, -0.1) is 0 Å². The lowest BCUT2D eigenvalue weighted by molar-refractivity contribution is -0.313. The van der Waals surface area contributed by atoms with Crippen molar-refractivity contribution < 1.29 is 30.0 Å². The van der Waals surface area contributed by atoms with E-state index in [1.807, 2.05) is 6.92 Å². The Morgan fingerprint density at radius 1 is 0.903 bits per heavy atom. The molecule has 4 aliphatic rings. The van der Waals surface area contributed by atoms with E-state index in [9.17, 15) is 30.0 Å². The van der Waals surface area contributed by atoms with Gasteiger partial charge in [0, 0.05) is 11.8 Å². The molecule has 0 spiro atoms. The van der Waals surface area contributed by atoms with Crippen molar-refractivity contribution >= 4 is 11.9 Å². The van der Waals surface area contributed by atoms with E-state index in [-0.39, 0.29) is 17.8 Å². The van der Waals surface area contributed by atoms with E-state index in [4.69, 9.17) is 0 Å². The molecule has 6 nitrogen and oxygen atoms in total. The highest BCUT2D eigenvalue weighted by Gasteiger charge is 2.65. The number of hydrogen-bond acceptors (Lipinski definition) is 4. The van der Waals surface area contributed by atoms with E-state index in [0.717, 1.165) is 51.4 Å². The summed E-state index contributed by atoms with van der Waals surface area (Å²) in [5, 5.41) is 40.8. The Balaban J connectivity index is 1.56. The molecule has 0 aliphatic heterocycles. The smallest absolute Gasteiger partial charge is 0.317 e. The monoisotopic (exact) mass is 436 g/mol. The van der Waals surface area contributed by atoms with Crippen molar-refractivity contribution in [1.82, 2.24) is 0 Å². The molecule has 0 heterocycles. The van der Waals surface area contributed by atoms with Gasteiger partial charge in [0.25, 0.3) is 0 Å². The second-order valence-corrected chi connectivity index (χ2v) is 11.8. The summed E-state index contributed by atoms with van der Waals surface area (Å²) in [5.41, 5.74) is -0.371. The summed E-state index contributed by atoms with van der Waals surface area (Å²) in [6.07, 6.45) is 8.94. The van der Waals surface area contributed by atoms with Crippen molar-refractivity contribution in [2.45, 2.75) is 90.8 Å². The maximum atomic E-state index is 11.4. The van der Waals surface area contributed by atoms with Crippen LogP contribution in [0, 0.1) is 52.3 Å². The molecular weight excluding hydrogens is 396 g/mol. The van der Waals surface area contributed by atoms with E-state index in [1.54, 1.807) is 0 Å². The van der Waals surface area contributed by atoms with Crippen molar-refractivity contribution in [3.8, 4) is 0 Å². The van der Waals surface area contributed by atoms with Crippen LogP contribution in [-0.4, -0.2) is 38.2 Å². The summed E-state index contributed by atoms with van der Waals surface area (Å²) >= 11 is 0. The molecule has 4 N–H and O–H groups in total. The Morgan fingerprint density at radius 3 is 2.23 bits per heavy atom. The third-order valence-electron chi connectivity index (χ3n) is 10.8. The standard InChI is InChI=1S/C25H40O6/c1-14(13-17(21(26)27)22(28)29)18-8-9-19-16-7-6-15-5-4-11-25(30,31)24(15,3)20(16)10-12-23(18,19)2/h14-20,30-31H,4-13H2,1-3H3,(H,26,27)(H,28,29)/t14-,15?,16+,18-,19+,20+,23-,24+/m1/s1. The third-order valence-corrected chi connectivity index (χ3v) is 10.8. The van der Waals surface area contributed by atoms with Gasteiger partial charge < -0.3 is 20.4 Å². The summed E-state index contributed by atoms with van der Waals surface area (Å²) < 4.78 is 0. The van der Waals surface area contributed by atoms with Crippen LogP contribution in [0.2, 0.25) is 0 Å². The molecule has 0 aromatic heterocycles. The lowest BCUT2D eigenvalue weighted by Gasteiger charge is -2.63. The maximum absolute atomic E-state index is 11.4. The topological polar surface area (TPSA) is 115 Å². The molecule has 0 radical (unpaired) electrons. The highest BCUT2D eigenvalue weighted by Crippen LogP contribution is 2.69. The Kier molecular flexibility index (Phi) is 5.74. The van der Waals surface area contributed by atoms with Crippen LogP contribution >= 0.6 is 0 Å². The highest BCUT2D eigenvalue weighted by molar-refractivity contribution is 5.92. The molecule has 8 atom stereocenters. The van der Waals surface area contributed by atoms with E-state index in [1.165, 1.54) is 0 Å². The molecule has 4 rings (SSSR count). The van der Waals surface area contributed by atoms with Gasteiger partial charge in [-0.3, -0.25) is 9.59 Å². The molecule has 6 heteroatoms. The fourth-order valence-corrected chi connectivity index (χ4v) is 9.18. The molecule has 176 valence electrons. The average molecular weight is 437 g/mol. The van der Waals surface area contributed by atoms with Crippen LogP contribution in [0.25, 0.3) is 0 Å². The highest BCUT2D eigenvalue weighted by atomic mass is 16.5. The molecular formula is C25H40O6. The SMILES string of the molecule is C[C@H](CC(C(=O)O)C(=O)O)[C@H]1CC[C@H]2[C@@H]3CCC4CCCC(O)(O)[C@]4(C)[C@H]3CC[C@]12C. The first-order valence-corrected chi connectivity index (χ1v) is 12.3. The van der Waals surface area contributed by atoms with Gasteiger partial charge in [0.2, 0.25) is 0 Å². The fourth-order valence-electron chi connectivity index (χ4n) is 9.18. The van der Waals surface area contributed by atoms with Gasteiger partial charge in [-0.1, -0.05) is 20.8 Å². The zero-order chi connectivity index (χ0) is 22.8. The van der Waals surface area contributed by atoms with Crippen molar-refractivity contribution in [3.63, 3.8) is 0 Å². The summed E-state index contributed by atoms with van der Waals surface area (Å²) in [6, 6.07) is 0. The normalized spacial score (nSPS) is 44.8. The molecule has 4 saturated carbocycles. The Morgan fingerprint density at radius 2 is 1.58 bits per heavy atom. The Bertz CT molecular complexity index is 720. The van der Waals surface area contributed by atoms with E-state index >= 15 is 0 Å². The number of aliphatic carboxylic acids is 2. The number of hydrogen-bond donors (Lipinski definition) is 4. The minimum atomic E-state index is -1.59. The van der Waals surface area contributed by atoms with Crippen molar-refractivity contribution in [2.75, 3.05) is 0 Å². The quantitative estimate of drug-likeness (QED) is 0.380. The van der Waals surface area contributed by atoms with E-state index < -0.39 is 29.1 Å². The van der Waals surface area contributed by atoms with Crippen LogP contribution in [0.15, 0.2) is 0 Å². The minimum Gasteiger partial charge on any atom is -0.481 e. The van der Waals surface area contributed by atoms with Crippen LogP contribution in [0.4, 0.5) is 0 Å². The molecule has 4 aliphatic carbocycles. The number of carboxylic acid groups (broad SMARTS) is 2. The van der Waals surface area contributed by atoms with Crippen LogP contribution in [0.1, 0.15) is 85.0 Å². The van der Waals surface area contributed by atoms with Gasteiger partial charge >= 0.3 is 11.9 Å². The van der Waals surface area contributed by atoms with Crippen molar-refractivity contribution in [3.05, 3.63) is 0 Å². The summed E-state index contributed by atoms with van der Waals surface area (Å²) in [4.78, 5) is 22.9.